The molecule has 3 rings (SSSR count). The Morgan fingerprint density at radius 3 is 3.07 bits per heavy atom. The first-order valence-corrected chi connectivity index (χ1v) is 5.28. The summed E-state index contributed by atoms with van der Waals surface area (Å²) in [7, 11) is 0. The highest BCUT2D eigenvalue weighted by Gasteiger charge is 2.34. The third-order valence-corrected chi connectivity index (χ3v) is 3.21. The van der Waals surface area contributed by atoms with Gasteiger partial charge in [-0.05, 0) is 30.9 Å². The second-order valence-corrected chi connectivity index (χ2v) is 4.20. The Morgan fingerprint density at radius 1 is 1.43 bits per heavy atom. The summed E-state index contributed by atoms with van der Waals surface area (Å²) in [4.78, 5) is 4.12. The Hall–Kier alpha value is -1.15. The number of hydrogen-bond acceptors (Lipinski definition) is 2. The molecule has 1 aromatic heterocycles. The highest BCUT2D eigenvalue weighted by atomic mass is 15.0. The highest BCUT2D eigenvalue weighted by molar-refractivity contribution is 5.54. The molecule has 14 heavy (non-hydrogen) atoms. The van der Waals surface area contributed by atoms with Gasteiger partial charge in [0.2, 0.25) is 0 Å². The molecule has 2 nitrogen and oxygen atoms in total. The van der Waals surface area contributed by atoms with Crippen molar-refractivity contribution in [2.24, 2.45) is 0 Å². The van der Waals surface area contributed by atoms with Gasteiger partial charge >= 0.3 is 0 Å². The Bertz CT molecular complexity index is 356. The molecular weight excluding hydrogens is 172 g/mol. The summed E-state index contributed by atoms with van der Waals surface area (Å²) in [6.45, 7) is 0. The van der Waals surface area contributed by atoms with E-state index in [1.54, 1.807) is 5.57 Å². The van der Waals surface area contributed by atoms with Crippen LogP contribution in [0, 0.1) is 0 Å². The summed E-state index contributed by atoms with van der Waals surface area (Å²) in [5.41, 5.74) is 2.80. The monoisotopic (exact) mass is 186 g/mol. The maximum atomic E-state index is 4.12. The fraction of sp³-hybridized carbons (Fsp3) is 0.417. The van der Waals surface area contributed by atoms with Gasteiger partial charge < -0.3 is 5.32 Å². The largest absolute Gasteiger partial charge is 0.307 e. The van der Waals surface area contributed by atoms with Crippen LogP contribution >= 0.6 is 0 Å². The van der Waals surface area contributed by atoms with Crippen LogP contribution in [-0.2, 0) is 0 Å². The molecule has 0 aromatic carbocycles. The summed E-state index contributed by atoms with van der Waals surface area (Å²) < 4.78 is 0. The van der Waals surface area contributed by atoms with Gasteiger partial charge in [0, 0.05) is 24.5 Å². The van der Waals surface area contributed by atoms with Gasteiger partial charge in [-0.2, -0.15) is 0 Å². The molecule has 0 amide bonds. The van der Waals surface area contributed by atoms with Crippen LogP contribution in [0.5, 0.6) is 0 Å². The van der Waals surface area contributed by atoms with Crippen molar-refractivity contribution in [2.45, 2.75) is 31.3 Å². The lowest BCUT2D eigenvalue weighted by molar-refractivity contribution is 0.647. The van der Waals surface area contributed by atoms with Gasteiger partial charge in [0.15, 0.2) is 0 Å². The lowest BCUT2D eigenvalue weighted by atomic mass is 9.93. The Balaban J connectivity index is 1.86. The first-order chi connectivity index (χ1) is 6.92. The Morgan fingerprint density at radius 2 is 2.43 bits per heavy atom. The van der Waals surface area contributed by atoms with Crippen molar-refractivity contribution in [1.29, 1.82) is 0 Å². The van der Waals surface area contributed by atoms with Crippen molar-refractivity contribution < 1.29 is 0 Å². The average Bonchev–Trinajstić information content (AvgIpc) is 2.81. The molecule has 0 aliphatic carbocycles. The number of nitrogens with zero attached hydrogens (tertiary/aromatic N) is 1. The lowest BCUT2D eigenvalue weighted by Crippen LogP contribution is -2.18. The quantitative estimate of drug-likeness (QED) is 0.725. The topological polar surface area (TPSA) is 24.9 Å². The zero-order valence-corrected chi connectivity index (χ0v) is 8.11. The number of nitrogens with one attached hydrogen (secondary N) is 1. The van der Waals surface area contributed by atoms with E-state index in [0.717, 1.165) is 6.04 Å². The molecule has 72 valence electrons. The van der Waals surface area contributed by atoms with E-state index in [1.165, 1.54) is 24.8 Å². The molecular formula is C12H14N2. The maximum absolute atomic E-state index is 4.12. The number of pyridine rings is 1. The average molecular weight is 186 g/mol. The van der Waals surface area contributed by atoms with Crippen molar-refractivity contribution in [2.75, 3.05) is 0 Å². The van der Waals surface area contributed by atoms with Gasteiger partial charge in [-0.3, -0.25) is 4.98 Å². The van der Waals surface area contributed by atoms with E-state index in [2.05, 4.69) is 22.4 Å². The lowest BCUT2D eigenvalue weighted by Gasteiger charge is -2.10. The smallest absolute Gasteiger partial charge is 0.0340 e. The summed E-state index contributed by atoms with van der Waals surface area (Å²) in [6.07, 6.45) is 9.95. The van der Waals surface area contributed by atoms with Crippen LogP contribution in [0.2, 0.25) is 0 Å². The van der Waals surface area contributed by atoms with Crippen LogP contribution in [0.25, 0.3) is 6.08 Å². The van der Waals surface area contributed by atoms with Crippen LogP contribution in [0.15, 0.2) is 30.1 Å². The van der Waals surface area contributed by atoms with Crippen LogP contribution in [0.3, 0.4) is 0 Å². The summed E-state index contributed by atoms with van der Waals surface area (Å²) in [6, 6.07) is 5.52. The highest BCUT2D eigenvalue weighted by Crippen LogP contribution is 2.33. The molecule has 0 saturated carbocycles. The number of hydrogen-bond donors (Lipinski definition) is 1. The van der Waals surface area contributed by atoms with E-state index in [4.69, 9.17) is 0 Å². The molecule has 2 unspecified atom stereocenters. The van der Waals surface area contributed by atoms with Gasteiger partial charge in [-0.25, -0.2) is 0 Å². The molecule has 0 radical (unpaired) electrons. The Labute approximate surface area is 84.1 Å². The third-order valence-electron chi connectivity index (χ3n) is 3.21. The normalized spacial score (nSPS) is 32.7. The summed E-state index contributed by atoms with van der Waals surface area (Å²) in [5.74, 6) is 0. The second-order valence-electron chi connectivity index (χ2n) is 4.20. The molecule has 2 aliphatic heterocycles. The van der Waals surface area contributed by atoms with Crippen LogP contribution in [-0.4, -0.2) is 17.1 Å². The van der Waals surface area contributed by atoms with E-state index in [9.17, 15) is 0 Å². The fourth-order valence-electron chi connectivity index (χ4n) is 2.53. The van der Waals surface area contributed by atoms with Crippen LogP contribution < -0.4 is 5.32 Å². The van der Waals surface area contributed by atoms with Gasteiger partial charge in [-0.15, -0.1) is 0 Å². The van der Waals surface area contributed by atoms with E-state index in [0.29, 0.717) is 6.04 Å². The van der Waals surface area contributed by atoms with Crippen molar-refractivity contribution in [3.05, 3.63) is 35.7 Å². The predicted octanol–water partition coefficient (Wildman–Crippen LogP) is 1.99. The maximum Gasteiger partial charge on any atom is 0.0340 e. The zero-order valence-electron chi connectivity index (χ0n) is 8.11. The minimum atomic E-state index is 0.653. The van der Waals surface area contributed by atoms with Crippen molar-refractivity contribution in [3.63, 3.8) is 0 Å². The Kier molecular flexibility index (Phi) is 1.88. The minimum absolute atomic E-state index is 0.653. The molecule has 1 N–H and O–H groups in total. The first kappa shape index (κ1) is 8.18. The fourth-order valence-corrected chi connectivity index (χ4v) is 2.53. The van der Waals surface area contributed by atoms with Gasteiger partial charge in [-0.1, -0.05) is 17.7 Å². The second kappa shape index (κ2) is 3.21. The van der Waals surface area contributed by atoms with Gasteiger partial charge in [0.1, 0.15) is 0 Å². The summed E-state index contributed by atoms with van der Waals surface area (Å²) >= 11 is 0. The van der Waals surface area contributed by atoms with E-state index >= 15 is 0 Å². The van der Waals surface area contributed by atoms with E-state index < -0.39 is 0 Å². The van der Waals surface area contributed by atoms with E-state index in [-0.39, 0.29) is 0 Å². The molecule has 3 heterocycles. The van der Waals surface area contributed by atoms with Crippen LogP contribution in [0.4, 0.5) is 0 Å². The molecule has 2 aliphatic rings. The number of fused-ring (bicyclic) bond motifs is 2. The van der Waals surface area contributed by atoms with Crippen molar-refractivity contribution in [1.82, 2.24) is 10.3 Å². The molecule has 2 bridgehead atoms. The third kappa shape index (κ3) is 1.36. The van der Waals surface area contributed by atoms with Gasteiger partial charge in [0.05, 0.1) is 0 Å². The minimum Gasteiger partial charge on any atom is -0.307 e. The van der Waals surface area contributed by atoms with Crippen molar-refractivity contribution in [3.8, 4) is 0 Å². The number of rotatable bonds is 1. The molecule has 2 heteroatoms. The molecule has 2 atom stereocenters. The molecule has 2 fully saturated rings. The molecule has 0 spiro atoms. The molecule has 1 aromatic rings. The van der Waals surface area contributed by atoms with Crippen molar-refractivity contribution >= 4 is 6.08 Å². The molecule has 2 saturated heterocycles. The predicted molar refractivity (Wildman–Crippen MR) is 56.8 cm³/mol. The summed E-state index contributed by atoms with van der Waals surface area (Å²) in [5, 5.41) is 3.61. The SMILES string of the molecule is C(=C1CC2CCC1N2)c1cccnc1. The first-order valence-electron chi connectivity index (χ1n) is 5.28. The van der Waals surface area contributed by atoms with Gasteiger partial charge in [0.25, 0.3) is 0 Å². The van der Waals surface area contributed by atoms with E-state index in [1.807, 2.05) is 18.5 Å². The van der Waals surface area contributed by atoms with Crippen LogP contribution in [0.1, 0.15) is 24.8 Å². The standard InChI is InChI=1S/C12H14N2/c1-2-9(8-13-5-1)6-10-7-11-3-4-12(10)14-11/h1-2,5-6,8,11-12,14H,3-4,7H2. The zero-order chi connectivity index (χ0) is 9.38. The number of aromatic nitrogens is 1.